The van der Waals surface area contributed by atoms with Gasteiger partial charge in [-0.25, -0.2) is 0 Å². The number of ether oxygens (including phenoxy) is 1. The van der Waals surface area contributed by atoms with E-state index in [1.807, 2.05) is 11.8 Å². The molecule has 2 heterocycles. The van der Waals surface area contributed by atoms with E-state index in [0.29, 0.717) is 19.3 Å². The Balaban J connectivity index is 2.04. The van der Waals surface area contributed by atoms with Crippen LogP contribution in [-0.2, 0) is 9.53 Å². The van der Waals surface area contributed by atoms with Crippen LogP contribution in [0, 0.1) is 5.92 Å². The maximum Gasteiger partial charge on any atom is 0.310 e. The second-order valence-electron chi connectivity index (χ2n) is 4.40. The van der Waals surface area contributed by atoms with Crippen molar-refractivity contribution >= 4 is 17.7 Å². The Hall–Kier alpha value is -0.260. The average Bonchev–Trinajstić information content (AvgIpc) is 2.88. The molecule has 0 bridgehead atoms. The van der Waals surface area contributed by atoms with E-state index in [-0.39, 0.29) is 12.0 Å². The van der Waals surface area contributed by atoms with Crippen LogP contribution in [-0.4, -0.2) is 59.3 Å². The topological polar surface area (TPSA) is 49.8 Å². The van der Waals surface area contributed by atoms with Gasteiger partial charge in [0.05, 0.1) is 19.1 Å². The van der Waals surface area contributed by atoms with Crippen molar-refractivity contribution in [1.29, 1.82) is 0 Å². The molecule has 3 unspecified atom stereocenters. The van der Waals surface area contributed by atoms with Crippen molar-refractivity contribution in [3.05, 3.63) is 0 Å². The van der Waals surface area contributed by atoms with Crippen LogP contribution in [0.15, 0.2) is 0 Å². The fourth-order valence-electron chi connectivity index (χ4n) is 2.65. The van der Waals surface area contributed by atoms with E-state index in [0.717, 1.165) is 12.3 Å². The number of carboxylic acids is 1. The third kappa shape index (κ3) is 2.36. The fraction of sp³-hybridized carbons (Fsp3) is 0.909. The van der Waals surface area contributed by atoms with Crippen LogP contribution in [0.25, 0.3) is 0 Å². The molecule has 3 atom stereocenters. The second kappa shape index (κ2) is 5.38. The molecule has 5 heteroatoms. The van der Waals surface area contributed by atoms with Gasteiger partial charge < -0.3 is 9.84 Å². The summed E-state index contributed by atoms with van der Waals surface area (Å²) in [6.07, 6.45) is 1.18. The summed E-state index contributed by atoms with van der Waals surface area (Å²) in [6.45, 7) is 3.98. The maximum atomic E-state index is 11.1. The molecule has 0 radical (unpaired) electrons. The van der Waals surface area contributed by atoms with E-state index in [4.69, 9.17) is 9.84 Å². The highest BCUT2D eigenvalue weighted by Crippen LogP contribution is 2.28. The first-order valence-corrected chi connectivity index (χ1v) is 7.03. The minimum absolute atomic E-state index is 0.0752. The molecule has 1 N–H and O–H groups in total. The Morgan fingerprint density at radius 2 is 2.38 bits per heavy atom. The predicted molar refractivity (Wildman–Crippen MR) is 63.8 cm³/mol. The lowest BCUT2D eigenvalue weighted by atomic mass is 10.0. The summed E-state index contributed by atoms with van der Waals surface area (Å²) in [5.74, 6) is 1.28. The van der Waals surface area contributed by atoms with Gasteiger partial charge in [0.25, 0.3) is 0 Å². The van der Waals surface area contributed by atoms with Crippen LogP contribution < -0.4 is 0 Å². The highest BCUT2D eigenvalue weighted by Gasteiger charge is 2.40. The number of rotatable bonds is 4. The van der Waals surface area contributed by atoms with Gasteiger partial charge in [-0.15, -0.1) is 0 Å². The maximum absolute atomic E-state index is 11.1. The predicted octanol–water partition coefficient (Wildman–Crippen LogP) is 0.913. The van der Waals surface area contributed by atoms with Gasteiger partial charge in [-0.05, 0) is 18.7 Å². The summed E-state index contributed by atoms with van der Waals surface area (Å²) in [5, 5.41) is 9.16. The molecule has 0 aromatic rings. The molecule has 0 aliphatic carbocycles. The van der Waals surface area contributed by atoms with Gasteiger partial charge in [0, 0.05) is 17.8 Å². The normalized spacial score (nSPS) is 34.8. The standard InChI is InChI=1S/C11H19NO3S/c1-2-12(8-3-4-16-7-8)10-6-15-5-9(10)11(13)14/h8-10H,2-7H2,1H3,(H,13,14). The second-order valence-corrected chi connectivity index (χ2v) is 5.55. The van der Waals surface area contributed by atoms with Crippen molar-refractivity contribution < 1.29 is 14.6 Å². The highest BCUT2D eigenvalue weighted by atomic mass is 32.2. The summed E-state index contributed by atoms with van der Waals surface area (Å²) in [4.78, 5) is 13.5. The molecule has 0 spiro atoms. The SMILES string of the molecule is CCN(C1CCSC1)C1COCC1C(=O)O. The summed E-state index contributed by atoms with van der Waals surface area (Å²) in [7, 11) is 0. The largest absolute Gasteiger partial charge is 0.481 e. The molecule has 2 fully saturated rings. The van der Waals surface area contributed by atoms with Crippen molar-refractivity contribution in [2.45, 2.75) is 25.4 Å². The van der Waals surface area contributed by atoms with Gasteiger partial charge >= 0.3 is 5.97 Å². The average molecular weight is 245 g/mol. The minimum atomic E-state index is -0.716. The van der Waals surface area contributed by atoms with E-state index < -0.39 is 5.97 Å². The molecular formula is C11H19NO3S. The van der Waals surface area contributed by atoms with Gasteiger partial charge in [0.2, 0.25) is 0 Å². The first-order chi connectivity index (χ1) is 7.74. The smallest absolute Gasteiger partial charge is 0.310 e. The monoisotopic (exact) mass is 245 g/mol. The van der Waals surface area contributed by atoms with Gasteiger partial charge in [-0.3, -0.25) is 9.69 Å². The third-order valence-corrected chi connectivity index (χ3v) is 4.68. The summed E-state index contributed by atoms with van der Waals surface area (Å²) in [6, 6.07) is 0.620. The minimum Gasteiger partial charge on any atom is -0.481 e. The molecule has 16 heavy (non-hydrogen) atoms. The first-order valence-electron chi connectivity index (χ1n) is 5.88. The molecular weight excluding hydrogens is 226 g/mol. The zero-order valence-electron chi connectivity index (χ0n) is 9.59. The molecule has 2 rings (SSSR count). The lowest BCUT2D eigenvalue weighted by Crippen LogP contribution is -2.48. The Kier molecular flexibility index (Phi) is 4.10. The number of nitrogens with zero attached hydrogens (tertiary/aromatic N) is 1. The quantitative estimate of drug-likeness (QED) is 0.798. The van der Waals surface area contributed by atoms with Crippen LogP contribution in [0.5, 0.6) is 0 Å². The van der Waals surface area contributed by atoms with E-state index in [1.165, 1.54) is 12.2 Å². The van der Waals surface area contributed by atoms with Crippen LogP contribution in [0.4, 0.5) is 0 Å². The molecule has 4 nitrogen and oxygen atoms in total. The number of hydrogen-bond donors (Lipinski definition) is 1. The zero-order chi connectivity index (χ0) is 11.5. The van der Waals surface area contributed by atoms with Crippen LogP contribution in [0.3, 0.4) is 0 Å². The van der Waals surface area contributed by atoms with Crippen molar-refractivity contribution in [3.63, 3.8) is 0 Å². The zero-order valence-corrected chi connectivity index (χ0v) is 10.4. The summed E-state index contributed by atoms with van der Waals surface area (Å²) in [5.41, 5.74) is 0. The lowest BCUT2D eigenvalue weighted by molar-refractivity contribution is -0.143. The lowest BCUT2D eigenvalue weighted by Gasteiger charge is -2.34. The molecule has 0 aromatic heterocycles. The van der Waals surface area contributed by atoms with Gasteiger partial charge in [-0.1, -0.05) is 6.92 Å². The van der Waals surface area contributed by atoms with Crippen LogP contribution >= 0.6 is 11.8 Å². The van der Waals surface area contributed by atoms with Gasteiger partial charge in [-0.2, -0.15) is 11.8 Å². The molecule has 92 valence electrons. The molecule has 2 aliphatic rings. The van der Waals surface area contributed by atoms with Gasteiger partial charge in [0.1, 0.15) is 0 Å². The highest BCUT2D eigenvalue weighted by molar-refractivity contribution is 7.99. The molecule has 0 saturated carbocycles. The fourth-order valence-corrected chi connectivity index (χ4v) is 3.89. The van der Waals surface area contributed by atoms with Crippen molar-refractivity contribution in [2.75, 3.05) is 31.3 Å². The summed E-state index contributed by atoms with van der Waals surface area (Å²) < 4.78 is 5.34. The molecule has 2 saturated heterocycles. The van der Waals surface area contributed by atoms with Crippen molar-refractivity contribution in [3.8, 4) is 0 Å². The van der Waals surface area contributed by atoms with Gasteiger partial charge in [0.15, 0.2) is 0 Å². The Bertz CT molecular complexity index is 256. The first kappa shape index (κ1) is 12.2. The number of aliphatic carboxylic acids is 1. The number of carbonyl (C=O) groups is 1. The van der Waals surface area contributed by atoms with E-state index in [9.17, 15) is 4.79 Å². The number of hydrogen-bond acceptors (Lipinski definition) is 4. The third-order valence-electron chi connectivity index (χ3n) is 3.53. The Morgan fingerprint density at radius 3 is 2.94 bits per heavy atom. The van der Waals surface area contributed by atoms with E-state index in [2.05, 4.69) is 11.8 Å². The molecule has 0 amide bonds. The number of carboxylic acid groups (broad SMARTS) is 1. The summed E-state index contributed by atoms with van der Waals surface area (Å²) >= 11 is 1.96. The van der Waals surface area contributed by atoms with E-state index in [1.54, 1.807) is 0 Å². The number of thioether (sulfide) groups is 1. The van der Waals surface area contributed by atoms with Crippen molar-refractivity contribution in [1.82, 2.24) is 4.90 Å². The Labute approximate surface area is 100 Å². The molecule has 0 aromatic carbocycles. The van der Waals surface area contributed by atoms with Crippen LogP contribution in [0.2, 0.25) is 0 Å². The van der Waals surface area contributed by atoms with Crippen LogP contribution in [0.1, 0.15) is 13.3 Å². The van der Waals surface area contributed by atoms with E-state index >= 15 is 0 Å². The Morgan fingerprint density at radius 1 is 1.56 bits per heavy atom. The number of likely N-dealkylation sites (N-methyl/N-ethyl adjacent to an activating group) is 1. The molecule has 2 aliphatic heterocycles. The van der Waals surface area contributed by atoms with Crippen molar-refractivity contribution in [2.24, 2.45) is 5.92 Å².